The Balaban J connectivity index is 1.82. The average Bonchev–Trinajstić information content (AvgIpc) is 2.79. The van der Waals surface area contributed by atoms with Crippen molar-refractivity contribution in [3.8, 4) is 0 Å². The molecule has 0 aliphatic rings. The lowest BCUT2D eigenvalue weighted by atomic mass is 10.2. The fourth-order valence-electron chi connectivity index (χ4n) is 3.28. The quantitative estimate of drug-likeness (QED) is 0.401. The molecule has 0 aliphatic heterocycles. The van der Waals surface area contributed by atoms with Crippen LogP contribution < -0.4 is 10.2 Å². The van der Waals surface area contributed by atoms with E-state index in [2.05, 4.69) is 29.3 Å². The summed E-state index contributed by atoms with van der Waals surface area (Å²) < 4.78 is 26.5. The van der Waals surface area contributed by atoms with E-state index in [1.807, 2.05) is 32.0 Å². The Morgan fingerprint density at radius 2 is 1.58 bits per heavy atom. The number of nitrogens with one attached hydrogen (secondary N) is 1. The van der Waals surface area contributed by atoms with Gasteiger partial charge in [-0.1, -0.05) is 44.2 Å². The maximum absolute atomic E-state index is 12.5. The van der Waals surface area contributed by atoms with Crippen molar-refractivity contribution in [1.29, 1.82) is 0 Å². The first-order valence-electron chi connectivity index (χ1n) is 10.8. The predicted octanol–water partition coefficient (Wildman–Crippen LogP) is 3.76. The van der Waals surface area contributed by atoms with E-state index >= 15 is 0 Å². The van der Waals surface area contributed by atoms with Crippen molar-refractivity contribution in [3.63, 3.8) is 0 Å². The lowest BCUT2D eigenvalue weighted by Gasteiger charge is -2.23. The van der Waals surface area contributed by atoms with Crippen molar-refractivity contribution in [1.82, 2.24) is 9.62 Å². The minimum absolute atomic E-state index is 0.164. The zero-order chi connectivity index (χ0) is 22.7. The number of anilines is 1. The molecule has 0 aromatic heterocycles. The second kappa shape index (κ2) is 12.3. The molecular weight excluding hydrogens is 410 g/mol. The molecule has 0 heterocycles. The fourth-order valence-corrected chi connectivity index (χ4v) is 4.74. The van der Waals surface area contributed by atoms with E-state index in [-0.39, 0.29) is 10.8 Å². The average molecular weight is 444 g/mol. The van der Waals surface area contributed by atoms with Gasteiger partial charge >= 0.3 is 0 Å². The van der Waals surface area contributed by atoms with Crippen LogP contribution in [0, 0.1) is 0 Å². The lowest BCUT2D eigenvalue weighted by molar-refractivity contribution is -0.116. The standard InChI is InChI=1S/C24H33N3O3S/c1-4-26(22-11-8-7-9-12-22)20-10-19-25-24(28)18-15-21-13-16-23(17-14-21)31(29,30)27(5-2)6-3/h7-9,11-18H,4-6,10,19-20H2,1-3H3,(H,25,28)/b18-15+. The van der Waals surface area contributed by atoms with Crippen LogP contribution in [0.25, 0.3) is 6.08 Å². The molecule has 2 aromatic rings. The first-order valence-corrected chi connectivity index (χ1v) is 12.2. The number of carbonyl (C=O) groups excluding carboxylic acids is 1. The predicted molar refractivity (Wildman–Crippen MR) is 128 cm³/mol. The maximum Gasteiger partial charge on any atom is 0.244 e. The summed E-state index contributed by atoms with van der Waals surface area (Å²) in [5.74, 6) is -0.164. The molecule has 0 fully saturated rings. The Hall–Kier alpha value is -2.64. The molecule has 0 unspecified atom stereocenters. The summed E-state index contributed by atoms with van der Waals surface area (Å²) in [5.41, 5.74) is 1.96. The second-order valence-electron chi connectivity index (χ2n) is 7.05. The van der Waals surface area contributed by atoms with Gasteiger partial charge < -0.3 is 10.2 Å². The highest BCUT2D eigenvalue weighted by Crippen LogP contribution is 2.17. The van der Waals surface area contributed by atoms with Gasteiger partial charge in [0.25, 0.3) is 0 Å². The van der Waals surface area contributed by atoms with Gasteiger partial charge in [0.2, 0.25) is 15.9 Å². The molecule has 0 aliphatic carbocycles. The molecule has 2 rings (SSSR count). The number of benzene rings is 2. The molecule has 1 N–H and O–H groups in total. The van der Waals surface area contributed by atoms with E-state index in [0.29, 0.717) is 19.6 Å². The third kappa shape index (κ3) is 7.22. The van der Waals surface area contributed by atoms with Gasteiger partial charge in [0, 0.05) is 44.5 Å². The Labute approximate surface area is 186 Å². The van der Waals surface area contributed by atoms with E-state index in [9.17, 15) is 13.2 Å². The molecule has 2 aromatic carbocycles. The minimum Gasteiger partial charge on any atom is -0.372 e. The summed E-state index contributed by atoms with van der Waals surface area (Å²) in [4.78, 5) is 14.6. The highest BCUT2D eigenvalue weighted by Gasteiger charge is 2.20. The SMILES string of the molecule is CCN(CCCNC(=O)/C=C/c1ccc(S(=O)(=O)N(CC)CC)cc1)c1ccccc1. The molecule has 7 heteroatoms. The number of hydrogen-bond acceptors (Lipinski definition) is 4. The molecule has 0 radical (unpaired) electrons. The Bertz CT molecular complexity index is 938. The molecule has 0 saturated carbocycles. The molecule has 168 valence electrons. The summed E-state index contributed by atoms with van der Waals surface area (Å²) in [5, 5.41) is 2.89. The van der Waals surface area contributed by atoms with Crippen LogP contribution in [0.3, 0.4) is 0 Å². The van der Waals surface area contributed by atoms with Crippen molar-refractivity contribution in [2.75, 3.05) is 37.6 Å². The van der Waals surface area contributed by atoms with Crippen LogP contribution in [0.1, 0.15) is 32.8 Å². The van der Waals surface area contributed by atoms with E-state index in [1.165, 1.54) is 16.1 Å². The lowest BCUT2D eigenvalue weighted by Crippen LogP contribution is -2.30. The molecule has 0 saturated heterocycles. The highest BCUT2D eigenvalue weighted by molar-refractivity contribution is 7.89. The summed E-state index contributed by atoms with van der Waals surface area (Å²) in [6.07, 6.45) is 4.01. The van der Waals surface area contributed by atoms with Crippen LogP contribution >= 0.6 is 0 Å². The van der Waals surface area contributed by atoms with Crippen LogP contribution in [0.5, 0.6) is 0 Å². The summed E-state index contributed by atoms with van der Waals surface area (Å²) in [6, 6.07) is 16.8. The van der Waals surface area contributed by atoms with Gasteiger partial charge in [-0.2, -0.15) is 4.31 Å². The molecular formula is C24H33N3O3S. The molecule has 0 spiro atoms. The number of hydrogen-bond donors (Lipinski definition) is 1. The van der Waals surface area contributed by atoms with Gasteiger partial charge in [0.05, 0.1) is 4.90 Å². The van der Waals surface area contributed by atoms with Crippen molar-refractivity contribution in [2.24, 2.45) is 0 Å². The van der Waals surface area contributed by atoms with Gasteiger partial charge in [-0.05, 0) is 49.2 Å². The van der Waals surface area contributed by atoms with Crippen LogP contribution in [0.4, 0.5) is 5.69 Å². The number of amides is 1. The molecule has 0 atom stereocenters. The third-order valence-corrected chi connectivity index (χ3v) is 7.12. The monoisotopic (exact) mass is 443 g/mol. The van der Waals surface area contributed by atoms with Crippen molar-refractivity contribution in [2.45, 2.75) is 32.1 Å². The first kappa shape index (κ1) is 24.6. The number of sulfonamides is 1. The number of rotatable bonds is 12. The number of para-hydroxylation sites is 1. The molecule has 31 heavy (non-hydrogen) atoms. The van der Waals surface area contributed by atoms with Crippen LogP contribution in [-0.4, -0.2) is 51.4 Å². The van der Waals surface area contributed by atoms with E-state index < -0.39 is 10.0 Å². The largest absolute Gasteiger partial charge is 0.372 e. The van der Waals surface area contributed by atoms with Gasteiger partial charge in [-0.25, -0.2) is 8.42 Å². The van der Waals surface area contributed by atoms with E-state index in [0.717, 1.165) is 25.1 Å². The zero-order valence-corrected chi connectivity index (χ0v) is 19.4. The molecule has 1 amide bonds. The summed E-state index contributed by atoms with van der Waals surface area (Å²) >= 11 is 0. The Morgan fingerprint density at radius 3 is 2.16 bits per heavy atom. The Kier molecular flexibility index (Phi) is 9.75. The van der Waals surface area contributed by atoms with Gasteiger partial charge in [-0.3, -0.25) is 4.79 Å². The van der Waals surface area contributed by atoms with Crippen LogP contribution in [0.15, 0.2) is 65.6 Å². The van der Waals surface area contributed by atoms with E-state index in [1.54, 1.807) is 30.3 Å². The van der Waals surface area contributed by atoms with Gasteiger partial charge in [0.15, 0.2) is 0 Å². The van der Waals surface area contributed by atoms with Crippen LogP contribution in [-0.2, 0) is 14.8 Å². The fraction of sp³-hybridized carbons (Fsp3) is 0.375. The smallest absolute Gasteiger partial charge is 0.244 e. The van der Waals surface area contributed by atoms with Gasteiger partial charge in [0.1, 0.15) is 0 Å². The highest BCUT2D eigenvalue weighted by atomic mass is 32.2. The number of nitrogens with zero attached hydrogens (tertiary/aromatic N) is 2. The third-order valence-electron chi connectivity index (χ3n) is 5.06. The van der Waals surface area contributed by atoms with Crippen molar-refractivity contribution in [3.05, 3.63) is 66.2 Å². The molecule has 0 bridgehead atoms. The zero-order valence-electron chi connectivity index (χ0n) is 18.6. The van der Waals surface area contributed by atoms with E-state index in [4.69, 9.17) is 0 Å². The normalized spacial score (nSPS) is 11.7. The van der Waals surface area contributed by atoms with Crippen molar-refractivity contribution < 1.29 is 13.2 Å². The second-order valence-corrected chi connectivity index (χ2v) is 8.99. The minimum atomic E-state index is -3.47. The van der Waals surface area contributed by atoms with Crippen LogP contribution in [0.2, 0.25) is 0 Å². The summed E-state index contributed by atoms with van der Waals surface area (Å²) in [7, 11) is -3.47. The molecule has 6 nitrogen and oxygen atoms in total. The Morgan fingerprint density at radius 1 is 0.935 bits per heavy atom. The van der Waals surface area contributed by atoms with Crippen molar-refractivity contribution >= 4 is 27.7 Å². The van der Waals surface area contributed by atoms with Gasteiger partial charge in [-0.15, -0.1) is 0 Å². The first-order chi connectivity index (χ1) is 14.9. The summed E-state index contributed by atoms with van der Waals surface area (Å²) in [6.45, 7) is 8.99. The number of carbonyl (C=O) groups is 1. The maximum atomic E-state index is 12.5. The topological polar surface area (TPSA) is 69.7 Å².